The van der Waals surface area contributed by atoms with Gasteiger partial charge in [0.25, 0.3) is 0 Å². The first-order valence-electron chi connectivity index (χ1n) is 28.6. The molecule has 0 bridgehead atoms. The molecule has 0 N–H and O–H groups in total. The molecule has 2 nitrogen and oxygen atoms in total. The number of rotatable bonds is 7. The Labute approximate surface area is 354 Å². The van der Waals surface area contributed by atoms with Gasteiger partial charge in [-0.25, -0.2) is 4.98 Å². The van der Waals surface area contributed by atoms with E-state index in [1.807, 2.05) is 0 Å². The second kappa shape index (κ2) is 13.7. The minimum atomic E-state index is -3.12. The van der Waals surface area contributed by atoms with Crippen molar-refractivity contribution in [3.8, 4) is 61.3 Å². The number of nitrogens with zero attached hydrogens (tertiary/aromatic N) is 2. The quantitative estimate of drug-likeness (QED) is 0.150. The Bertz CT molecular complexity index is 4050. The Kier molecular flexibility index (Phi) is 4.14. The fourth-order valence-corrected chi connectivity index (χ4v) is 7.10. The van der Waals surface area contributed by atoms with Crippen LogP contribution in [0.4, 0.5) is 0 Å². The number of benzene rings is 9. The first kappa shape index (κ1) is 16.5. The number of para-hydroxylation sites is 2. The van der Waals surface area contributed by atoms with Crippen molar-refractivity contribution in [1.29, 1.82) is 0 Å². The van der Waals surface area contributed by atoms with Crippen molar-refractivity contribution in [2.45, 2.75) is 13.2 Å². The highest BCUT2D eigenvalue weighted by Gasteiger charge is 2.19. The summed E-state index contributed by atoms with van der Waals surface area (Å²) in [5.74, 6) is -0.379. The Morgan fingerprint density at radius 3 is 1.58 bits per heavy atom. The van der Waals surface area contributed by atoms with Crippen molar-refractivity contribution in [3.63, 3.8) is 0 Å². The van der Waals surface area contributed by atoms with Crippen LogP contribution in [-0.4, -0.2) is 9.55 Å². The van der Waals surface area contributed by atoms with Crippen LogP contribution in [-0.2, 0) is 6.37 Å². The molecule has 0 saturated carbocycles. The van der Waals surface area contributed by atoms with Gasteiger partial charge in [0.2, 0.25) is 0 Å². The molecule has 0 aliphatic carbocycles. The Hall–Kier alpha value is -7.03. The predicted molar refractivity (Wildman–Crippen MR) is 233 cm³/mol. The molecule has 10 aromatic rings. The normalized spacial score (nSPS) is 17.9. The maximum Gasteiger partial charge on any atom is 0.114 e. The molecule has 2 heteroatoms. The van der Waals surface area contributed by atoms with Gasteiger partial charge in [-0.05, 0) is 126 Å². The van der Waals surface area contributed by atoms with E-state index in [2.05, 4.69) is 4.98 Å². The van der Waals surface area contributed by atoms with Crippen LogP contribution in [0.25, 0.3) is 93.9 Å². The molecule has 0 fully saturated rings. The van der Waals surface area contributed by atoms with E-state index in [0.717, 1.165) is 0 Å². The van der Waals surface area contributed by atoms with E-state index in [-0.39, 0.29) is 60.8 Å². The van der Waals surface area contributed by atoms with E-state index in [1.165, 1.54) is 22.8 Å². The number of hydrogen-bond donors (Lipinski definition) is 0. The Morgan fingerprint density at radius 1 is 0.473 bits per heavy atom. The zero-order valence-electron chi connectivity index (χ0n) is 51.6. The lowest BCUT2D eigenvalue weighted by atomic mass is 9.84. The van der Waals surface area contributed by atoms with Gasteiger partial charge in [0.1, 0.15) is 5.82 Å². The van der Waals surface area contributed by atoms with Gasteiger partial charge in [0.05, 0.1) is 35.7 Å². The Balaban J connectivity index is 1.33. The molecule has 1 aromatic heterocycles. The van der Waals surface area contributed by atoms with Crippen molar-refractivity contribution in [3.05, 3.63) is 206 Å². The minimum Gasteiger partial charge on any atom is -0.296 e. The Morgan fingerprint density at radius 2 is 0.964 bits per heavy atom. The van der Waals surface area contributed by atoms with Crippen LogP contribution in [0.2, 0.25) is 0 Å². The van der Waals surface area contributed by atoms with Crippen molar-refractivity contribution in [2.24, 2.45) is 0 Å². The SMILES string of the molecule is [2H]c1c([2H])c([2H])c(-c2cc(-c3c([2H])c([2H])c([2H])c([2H])c3[2H])cc(-c3c4c([2H])c([2H])c([2H])c([2H])c4c(-c4cccc(-c5cccc(-n6c(C([2H])([2H])C([2H])([2H])[2H])nc7ccccc76)c5)c4)c4c([2H])c([2H])c([2H])c([2H])c34)c2)c([2H])c1[2H]. The van der Waals surface area contributed by atoms with Gasteiger partial charge in [-0.1, -0.05) is 158 Å². The third kappa shape index (κ3) is 5.80. The molecule has 0 amide bonds. The average Bonchev–Trinajstić information content (AvgIpc) is 3.98. The lowest BCUT2D eigenvalue weighted by molar-refractivity contribution is 0.908. The summed E-state index contributed by atoms with van der Waals surface area (Å²) >= 11 is 0. The van der Waals surface area contributed by atoms with E-state index in [0.29, 0.717) is 27.8 Å². The van der Waals surface area contributed by atoms with Gasteiger partial charge < -0.3 is 0 Å². The van der Waals surface area contributed by atoms with Gasteiger partial charge in [0.15, 0.2) is 0 Å². The summed E-state index contributed by atoms with van der Waals surface area (Å²) < 4.78 is 204. The molecular formula is C53H38N2. The summed E-state index contributed by atoms with van der Waals surface area (Å²) in [4.78, 5) is 4.43. The summed E-state index contributed by atoms with van der Waals surface area (Å²) in [5.41, 5.74) is 0.530. The molecule has 1 heterocycles. The lowest BCUT2D eigenvalue weighted by Crippen LogP contribution is -2.00. The second-order valence-corrected chi connectivity index (χ2v) is 12.6. The molecule has 0 unspecified atom stereocenters. The number of aromatic nitrogens is 2. The lowest BCUT2D eigenvalue weighted by Gasteiger charge is -2.19. The molecule has 10 rings (SSSR count). The van der Waals surface area contributed by atoms with Crippen LogP contribution >= 0.6 is 0 Å². The topological polar surface area (TPSA) is 17.8 Å². The molecule has 0 atom stereocenters. The van der Waals surface area contributed by atoms with Crippen LogP contribution in [0.1, 0.15) is 44.2 Å². The predicted octanol–water partition coefficient (Wildman–Crippen LogP) is 14.2. The monoisotopic (exact) mass is 725 g/mol. The fraction of sp³-hybridized carbons (Fsp3) is 0.0377. The van der Waals surface area contributed by atoms with E-state index in [4.69, 9.17) is 26.0 Å². The first-order valence-corrected chi connectivity index (χ1v) is 17.1. The van der Waals surface area contributed by atoms with Crippen LogP contribution in [0.5, 0.6) is 0 Å². The van der Waals surface area contributed by atoms with E-state index < -0.39 is 133 Å². The van der Waals surface area contributed by atoms with Gasteiger partial charge in [-0.3, -0.25) is 4.57 Å². The minimum absolute atomic E-state index is 0.0675. The zero-order chi connectivity index (χ0) is 56.7. The standard InChI is InChI=1S/C53H38N2/c1-2-51-54-49-29-13-14-30-50(49)55(51)44-24-16-22-39(35-44)38-21-15-23-40(31-38)52-45-25-9-11-27-47(45)53(48-28-12-10-26-46(48)52)43-33-41(36-17-5-3-6-18-36)32-42(34-43)37-19-7-4-8-20-37/h3-35H,2H2,1H3/i1D3,2D2,3D,4D,5D,6D,7D,8D,9D,10D,11D,12D,17D,18D,19D,20D,25D,26D,27D,28D. The number of aryl methyl sites for hydroxylation is 1. The summed E-state index contributed by atoms with van der Waals surface area (Å²) in [6.45, 7) is -3.12. The van der Waals surface area contributed by atoms with Crippen molar-refractivity contribution in [2.75, 3.05) is 0 Å². The maximum atomic E-state index is 9.61. The molecule has 0 radical (unpaired) electrons. The van der Waals surface area contributed by atoms with Crippen LogP contribution in [0, 0.1) is 0 Å². The van der Waals surface area contributed by atoms with Gasteiger partial charge >= 0.3 is 0 Å². The van der Waals surface area contributed by atoms with Crippen LogP contribution < -0.4 is 0 Å². The second-order valence-electron chi connectivity index (χ2n) is 12.6. The molecule has 55 heavy (non-hydrogen) atoms. The fourth-order valence-electron chi connectivity index (χ4n) is 7.10. The third-order valence-electron chi connectivity index (χ3n) is 9.44. The van der Waals surface area contributed by atoms with E-state index in [1.54, 1.807) is 72.8 Å². The largest absolute Gasteiger partial charge is 0.296 e. The molecule has 0 aliphatic rings. The van der Waals surface area contributed by atoms with Crippen molar-refractivity contribution < 1.29 is 31.5 Å². The average molecular weight is 726 g/mol. The highest BCUT2D eigenvalue weighted by molar-refractivity contribution is 6.21. The first-order chi connectivity index (χ1) is 36.6. The smallest absolute Gasteiger partial charge is 0.114 e. The zero-order valence-corrected chi connectivity index (χ0v) is 28.6. The summed E-state index contributed by atoms with van der Waals surface area (Å²) in [7, 11) is 0. The van der Waals surface area contributed by atoms with Crippen LogP contribution in [0.15, 0.2) is 200 Å². The molecule has 9 aromatic carbocycles. The molecule has 0 aliphatic heterocycles. The number of hydrogen-bond acceptors (Lipinski definition) is 1. The van der Waals surface area contributed by atoms with Crippen molar-refractivity contribution >= 4 is 32.6 Å². The summed E-state index contributed by atoms with van der Waals surface area (Å²) in [6.07, 6.45) is -2.92. The number of imidazole rings is 1. The number of fused-ring (bicyclic) bond motifs is 3. The molecular weight excluding hydrogens is 665 g/mol. The third-order valence-corrected chi connectivity index (χ3v) is 9.44. The highest BCUT2D eigenvalue weighted by Crippen LogP contribution is 2.46. The van der Waals surface area contributed by atoms with Gasteiger partial charge in [-0.2, -0.15) is 0 Å². The van der Waals surface area contributed by atoms with E-state index in [9.17, 15) is 5.48 Å². The summed E-state index contributed by atoms with van der Waals surface area (Å²) in [6, 6.07) is 10.9. The van der Waals surface area contributed by atoms with E-state index >= 15 is 0 Å². The van der Waals surface area contributed by atoms with Gasteiger partial charge in [0, 0.05) is 18.9 Å². The molecule has 0 saturated heterocycles. The van der Waals surface area contributed by atoms with Crippen molar-refractivity contribution in [1.82, 2.24) is 9.55 Å². The molecule has 260 valence electrons. The van der Waals surface area contributed by atoms with Gasteiger partial charge in [-0.15, -0.1) is 0 Å². The van der Waals surface area contributed by atoms with Crippen LogP contribution in [0.3, 0.4) is 0 Å². The maximum absolute atomic E-state index is 9.61. The highest BCUT2D eigenvalue weighted by atomic mass is 15.1. The summed E-state index contributed by atoms with van der Waals surface area (Å²) in [5, 5.41) is -1.07. The molecule has 0 spiro atoms.